The number of esters is 1. The first kappa shape index (κ1) is 14.6. The standard InChI is InChI=1S/C13H18N2O4S/c1-9(13(16)19-2)20(17,18)15-7-3-4-10-5-6-11(14)8-12(10)15/h5-6,8-9H,3-4,7,14H2,1-2H3. The van der Waals surface area contributed by atoms with E-state index in [1.165, 1.54) is 18.3 Å². The van der Waals surface area contributed by atoms with Crippen molar-refractivity contribution in [1.82, 2.24) is 0 Å². The Labute approximate surface area is 118 Å². The summed E-state index contributed by atoms with van der Waals surface area (Å²) in [4.78, 5) is 11.5. The lowest BCUT2D eigenvalue weighted by molar-refractivity contribution is -0.139. The van der Waals surface area contributed by atoms with Gasteiger partial charge in [0.25, 0.3) is 0 Å². The van der Waals surface area contributed by atoms with Gasteiger partial charge in [0.2, 0.25) is 10.0 Å². The third kappa shape index (κ3) is 2.45. The van der Waals surface area contributed by atoms with Crippen LogP contribution >= 0.6 is 0 Å². The Morgan fingerprint density at radius 1 is 1.45 bits per heavy atom. The van der Waals surface area contributed by atoms with Crippen LogP contribution in [-0.2, 0) is 26.0 Å². The molecule has 6 nitrogen and oxygen atoms in total. The lowest BCUT2D eigenvalue weighted by Gasteiger charge is -2.32. The van der Waals surface area contributed by atoms with Crippen molar-refractivity contribution in [1.29, 1.82) is 0 Å². The molecule has 1 aliphatic heterocycles. The molecule has 0 aromatic heterocycles. The lowest BCUT2D eigenvalue weighted by Crippen LogP contribution is -2.44. The van der Waals surface area contributed by atoms with Crippen molar-refractivity contribution in [3.63, 3.8) is 0 Å². The molecule has 0 bridgehead atoms. The average Bonchev–Trinajstić information content (AvgIpc) is 2.44. The highest BCUT2D eigenvalue weighted by molar-refractivity contribution is 7.94. The molecule has 1 atom stereocenters. The molecule has 1 aliphatic rings. The van der Waals surface area contributed by atoms with Crippen LogP contribution in [0.4, 0.5) is 11.4 Å². The molecule has 0 fully saturated rings. The number of nitrogens with two attached hydrogens (primary N) is 1. The summed E-state index contributed by atoms with van der Waals surface area (Å²) in [6.45, 7) is 1.68. The largest absolute Gasteiger partial charge is 0.468 e. The number of sulfonamides is 1. The Morgan fingerprint density at radius 2 is 2.15 bits per heavy atom. The second kappa shape index (κ2) is 5.32. The predicted octanol–water partition coefficient (Wildman–Crippen LogP) is 0.913. The summed E-state index contributed by atoms with van der Waals surface area (Å²) in [6.07, 6.45) is 1.51. The normalized spacial score (nSPS) is 16.4. The maximum absolute atomic E-state index is 12.5. The van der Waals surface area contributed by atoms with Gasteiger partial charge in [-0.05, 0) is 37.5 Å². The van der Waals surface area contributed by atoms with E-state index in [1.54, 1.807) is 12.1 Å². The molecule has 20 heavy (non-hydrogen) atoms. The van der Waals surface area contributed by atoms with Crippen molar-refractivity contribution in [2.24, 2.45) is 0 Å². The minimum atomic E-state index is -3.80. The number of methoxy groups -OCH3 is 1. The fraction of sp³-hybridized carbons (Fsp3) is 0.462. The average molecular weight is 298 g/mol. The monoisotopic (exact) mass is 298 g/mol. The topological polar surface area (TPSA) is 89.7 Å². The Bertz CT molecular complexity index is 627. The van der Waals surface area contributed by atoms with Crippen LogP contribution in [0.15, 0.2) is 18.2 Å². The van der Waals surface area contributed by atoms with Gasteiger partial charge >= 0.3 is 5.97 Å². The predicted molar refractivity (Wildman–Crippen MR) is 76.9 cm³/mol. The highest BCUT2D eigenvalue weighted by atomic mass is 32.2. The molecule has 0 saturated heterocycles. The molecule has 2 N–H and O–H groups in total. The number of anilines is 2. The van der Waals surface area contributed by atoms with Crippen LogP contribution in [0, 0.1) is 0 Å². The molecule has 110 valence electrons. The number of hydrogen-bond acceptors (Lipinski definition) is 5. The van der Waals surface area contributed by atoms with Gasteiger partial charge in [-0.2, -0.15) is 0 Å². The third-order valence-corrected chi connectivity index (χ3v) is 5.55. The van der Waals surface area contributed by atoms with E-state index in [0.29, 0.717) is 24.3 Å². The van der Waals surface area contributed by atoms with E-state index in [1.807, 2.05) is 6.07 Å². The van der Waals surface area contributed by atoms with Crippen LogP contribution < -0.4 is 10.0 Å². The summed E-state index contributed by atoms with van der Waals surface area (Å²) in [5, 5.41) is -1.24. The van der Waals surface area contributed by atoms with E-state index in [4.69, 9.17) is 5.73 Å². The fourth-order valence-electron chi connectivity index (χ4n) is 2.30. The molecule has 0 spiro atoms. The summed E-state index contributed by atoms with van der Waals surface area (Å²) >= 11 is 0. The first-order valence-corrected chi connectivity index (χ1v) is 7.86. The van der Waals surface area contributed by atoms with Crippen molar-refractivity contribution < 1.29 is 17.9 Å². The van der Waals surface area contributed by atoms with Crippen LogP contribution in [0.25, 0.3) is 0 Å². The number of fused-ring (bicyclic) bond motifs is 1. The summed E-state index contributed by atoms with van der Waals surface area (Å²) in [5.74, 6) is -0.763. The van der Waals surface area contributed by atoms with E-state index in [2.05, 4.69) is 4.74 Å². The summed E-state index contributed by atoms with van der Waals surface area (Å²) in [6, 6.07) is 5.21. The SMILES string of the molecule is COC(=O)C(C)S(=O)(=O)N1CCCc2ccc(N)cc21. The molecule has 0 amide bonds. The minimum Gasteiger partial charge on any atom is -0.468 e. The number of hydrogen-bond donors (Lipinski definition) is 1. The van der Waals surface area contributed by atoms with Crippen LogP contribution in [0.5, 0.6) is 0 Å². The van der Waals surface area contributed by atoms with Gasteiger partial charge in [0, 0.05) is 12.2 Å². The number of rotatable bonds is 3. The fourth-order valence-corrected chi connectivity index (χ4v) is 3.85. The highest BCUT2D eigenvalue weighted by Crippen LogP contribution is 2.32. The molecule has 1 aromatic carbocycles. The number of aryl methyl sites for hydroxylation is 1. The molecule has 1 aromatic rings. The number of nitrogens with zero attached hydrogens (tertiary/aromatic N) is 1. The van der Waals surface area contributed by atoms with Crippen LogP contribution in [0.1, 0.15) is 18.9 Å². The molecular weight excluding hydrogens is 280 g/mol. The zero-order chi connectivity index (χ0) is 14.9. The summed E-state index contributed by atoms with van der Waals surface area (Å²) in [5.41, 5.74) is 7.72. The number of carbonyl (C=O) groups is 1. The van der Waals surface area contributed by atoms with Gasteiger partial charge < -0.3 is 10.5 Å². The Hall–Kier alpha value is -1.76. The Morgan fingerprint density at radius 3 is 2.80 bits per heavy atom. The molecule has 1 heterocycles. The van der Waals surface area contributed by atoms with E-state index < -0.39 is 21.2 Å². The minimum absolute atomic E-state index is 0.347. The Kier molecular flexibility index (Phi) is 3.89. The van der Waals surface area contributed by atoms with E-state index >= 15 is 0 Å². The maximum Gasteiger partial charge on any atom is 0.325 e. The van der Waals surface area contributed by atoms with Gasteiger partial charge in [0.05, 0.1) is 12.8 Å². The first-order chi connectivity index (χ1) is 9.37. The zero-order valence-electron chi connectivity index (χ0n) is 11.5. The van der Waals surface area contributed by atoms with Crippen molar-refractivity contribution in [2.75, 3.05) is 23.7 Å². The molecule has 7 heteroatoms. The molecule has 0 saturated carbocycles. The maximum atomic E-state index is 12.5. The number of ether oxygens (including phenoxy) is 1. The summed E-state index contributed by atoms with van der Waals surface area (Å²) in [7, 11) is -2.62. The molecule has 1 unspecified atom stereocenters. The molecular formula is C13H18N2O4S. The van der Waals surface area contributed by atoms with Crippen molar-refractivity contribution in [3.05, 3.63) is 23.8 Å². The second-order valence-corrected chi connectivity index (χ2v) is 6.95. The van der Waals surface area contributed by atoms with E-state index in [9.17, 15) is 13.2 Å². The molecule has 0 radical (unpaired) electrons. The third-order valence-electron chi connectivity index (χ3n) is 3.47. The number of nitrogen functional groups attached to an aromatic ring is 1. The van der Waals surface area contributed by atoms with E-state index in [-0.39, 0.29) is 0 Å². The van der Waals surface area contributed by atoms with Gasteiger partial charge in [0.15, 0.2) is 5.25 Å². The van der Waals surface area contributed by atoms with Crippen LogP contribution in [-0.4, -0.2) is 33.3 Å². The van der Waals surface area contributed by atoms with Gasteiger partial charge in [-0.25, -0.2) is 8.42 Å². The lowest BCUT2D eigenvalue weighted by atomic mass is 10.0. The summed E-state index contributed by atoms with van der Waals surface area (Å²) < 4.78 is 30.9. The van der Waals surface area contributed by atoms with E-state index in [0.717, 1.165) is 12.0 Å². The smallest absolute Gasteiger partial charge is 0.325 e. The first-order valence-electron chi connectivity index (χ1n) is 6.35. The quantitative estimate of drug-likeness (QED) is 0.662. The number of benzene rings is 1. The molecule has 2 rings (SSSR count). The van der Waals surface area contributed by atoms with Crippen LogP contribution in [0.3, 0.4) is 0 Å². The van der Waals surface area contributed by atoms with Crippen molar-refractivity contribution in [3.8, 4) is 0 Å². The van der Waals surface area contributed by atoms with Crippen molar-refractivity contribution >= 4 is 27.4 Å². The number of carbonyl (C=O) groups excluding carboxylic acids is 1. The van der Waals surface area contributed by atoms with Crippen molar-refractivity contribution in [2.45, 2.75) is 25.0 Å². The van der Waals surface area contributed by atoms with Crippen LogP contribution in [0.2, 0.25) is 0 Å². The van der Waals surface area contributed by atoms with Gasteiger partial charge in [-0.1, -0.05) is 6.07 Å². The zero-order valence-corrected chi connectivity index (χ0v) is 12.3. The second-order valence-electron chi connectivity index (χ2n) is 4.77. The molecule has 0 aliphatic carbocycles. The van der Waals surface area contributed by atoms with Gasteiger partial charge in [-0.3, -0.25) is 9.10 Å². The van der Waals surface area contributed by atoms with Gasteiger partial charge in [0.1, 0.15) is 0 Å². The Balaban J connectivity index is 2.45. The van der Waals surface area contributed by atoms with Gasteiger partial charge in [-0.15, -0.1) is 0 Å². The highest BCUT2D eigenvalue weighted by Gasteiger charge is 2.36.